The van der Waals surface area contributed by atoms with E-state index >= 15 is 0 Å². The van der Waals surface area contributed by atoms with Gasteiger partial charge in [0.2, 0.25) is 0 Å². The smallest absolute Gasteiger partial charge is 0.341 e. The Morgan fingerprint density at radius 2 is 1.50 bits per heavy atom. The van der Waals surface area contributed by atoms with Crippen molar-refractivity contribution in [1.82, 2.24) is 0 Å². The molecule has 2 aromatic rings. The molecule has 3 heteroatoms. The second kappa shape index (κ2) is 6.44. The third kappa shape index (κ3) is 4.18. The Morgan fingerprint density at radius 1 is 1.00 bits per heavy atom. The molecule has 0 radical (unpaired) electrons. The summed E-state index contributed by atoms with van der Waals surface area (Å²) < 4.78 is 5.05. The summed E-state index contributed by atoms with van der Waals surface area (Å²) in [6.45, 7) is 1.70. The Balaban J connectivity index is 2.04. The van der Waals surface area contributed by atoms with E-state index in [0.29, 0.717) is 5.75 Å². The van der Waals surface area contributed by atoms with Crippen molar-refractivity contribution in [3.05, 3.63) is 65.2 Å². The Hall–Kier alpha value is -2.73. The Labute approximate surface area is 117 Å². The quantitative estimate of drug-likeness (QED) is 0.869. The van der Waals surface area contributed by atoms with Gasteiger partial charge in [-0.3, -0.25) is 0 Å². The molecule has 0 aliphatic rings. The van der Waals surface area contributed by atoms with Crippen LogP contribution in [0, 0.1) is 18.8 Å². The summed E-state index contributed by atoms with van der Waals surface area (Å²) in [5, 5.41) is 8.51. The number of carboxylic acid groups (broad SMARTS) is 1. The van der Waals surface area contributed by atoms with Gasteiger partial charge in [-0.25, -0.2) is 4.79 Å². The van der Waals surface area contributed by atoms with E-state index in [4.69, 9.17) is 9.84 Å². The number of rotatable bonds is 3. The van der Waals surface area contributed by atoms with Crippen molar-refractivity contribution in [2.45, 2.75) is 6.92 Å². The molecular formula is C17H14O3. The lowest BCUT2D eigenvalue weighted by molar-refractivity contribution is -0.139. The SMILES string of the molecule is Cc1ccc(C#Cc2ccc(OCC(=O)O)cc2)cc1. The summed E-state index contributed by atoms with van der Waals surface area (Å²) in [6.07, 6.45) is 0. The lowest BCUT2D eigenvalue weighted by Gasteiger charge is -2.02. The number of aliphatic carboxylic acids is 1. The third-order valence-corrected chi connectivity index (χ3v) is 2.62. The molecule has 20 heavy (non-hydrogen) atoms. The molecule has 0 aliphatic heterocycles. The molecule has 1 N–H and O–H groups in total. The summed E-state index contributed by atoms with van der Waals surface area (Å²) >= 11 is 0. The van der Waals surface area contributed by atoms with Crippen molar-refractivity contribution in [3.8, 4) is 17.6 Å². The summed E-state index contributed by atoms with van der Waals surface area (Å²) in [7, 11) is 0. The van der Waals surface area contributed by atoms with Gasteiger partial charge in [0.15, 0.2) is 6.61 Å². The van der Waals surface area contributed by atoms with Crippen LogP contribution in [0.2, 0.25) is 0 Å². The number of hydrogen-bond donors (Lipinski definition) is 1. The molecule has 0 aromatic heterocycles. The van der Waals surface area contributed by atoms with Crippen LogP contribution in [-0.2, 0) is 4.79 Å². The molecule has 0 saturated carbocycles. The van der Waals surface area contributed by atoms with Crippen LogP contribution in [0.1, 0.15) is 16.7 Å². The van der Waals surface area contributed by atoms with Crippen LogP contribution in [0.15, 0.2) is 48.5 Å². The average molecular weight is 266 g/mol. The molecule has 0 heterocycles. The summed E-state index contributed by atoms with van der Waals surface area (Å²) in [5.74, 6) is 5.65. The van der Waals surface area contributed by atoms with E-state index in [1.165, 1.54) is 5.56 Å². The van der Waals surface area contributed by atoms with E-state index in [1.54, 1.807) is 24.3 Å². The van der Waals surface area contributed by atoms with Crippen LogP contribution in [0.25, 0.3) is 0 Å². The van der Waals surface area contributed by atoms with Gasteiger partial charge in [-0.1, -0.05) is 29.5 Å². The molecule has 2 aromatic carbocycles. The molecule has 0 amide bonds. The molecule has 0 unspecified atom stereocenters. The monoisotopic (exact) mass is 266 g/mol. The molecular weight excluding hydrogens is 252 g/mol. The van der Waals surface area contributed by atoms with Gasteiger partial charge in [0.1, 0.15) is 5.75 Å². The summed E-state index contributed by atoms with van der Waals surface area (Å²) in [6, 6.07) is 15.0. The van der Waals surface area contributed by atoms with E-state index in [1.807, 2.05) is 31.2 Å². The number of aryl methyl sites for hydroxylation is 1. The first-order valence-electron chi connectivity index (χ1n) is 6.17. The highest BCUT2D eigenvalue weighted by Gasteiger charge is 1.98. The van der Waals surface area contributed by atoms with Gasteiger partial charge >= 0.3 is 5.97 Å². The van der Waals surface area contributed by atoms with E-state index in [-0.39, 0.29) is 6.61 Å². The van der Waals surface area contributed by atoms with Gasteiger partial charge in [0.05, 0.1) is 0 Å². The first kappa shape index (κ1) is 13.7. The Bertz CT molecular complexity index is 643. The molecule has 3 nitrogen and oxygen atoms in total. The average Bonchev–Trinajstić information content (AvgIpc) is 2.45. The molecule has 0 spiro atoms. The molecule has 0 saturated heterocycles. The number of hydrogen-bond acceptors (Lipinski definition) is 2. The predicted molar refractivity (Wildman–Crippen MR) is 76.7 cm³/mol. The van der Waals surface area contributed by atoms with Gasteiger partial charge in [0, 0.05) is 11.1 Å². The van der Waals surface area contributed by atoms with Gasteiger partial charge < -0.3 is 9.84 Å². The number of carboxylic acids is 1. The second-order valence-electron chi connectivity index (χ2n) is 4.32. The minimum absolute atomic E-state index is 0.339. The zero-order chi connectivity index (χ0) is 14.4. The van der Waals surface area contributed by atoms with Crippen LogP contribution >= 0.6 is 0 Å². The normalized spacial score (nSPS) is 9.45. The fourth-order valence-electron chi connectivity index (χ4n) is 1.56. The zero-order valence-corrected chi connectivity index (χ0v) is 11.1. The molecule has 100 valence electrons. The fourth-order valence-corrected chi connectivity index (χ4v) is 1.56. The first-order valence-corrected chi connectivity index (χ1v) is 6.17. The highest BCUT2D eigenvalue weighted by Crippen LogP contribution is 2.11. The summed E-state index contributed by atoms with van der Waals surface area (Å²) in [4.78, 5) is 10.4. The van der Waals surface area contributed by atoms with Crippen LogP contribution in [0.3, 0.4) is 0 Å². The van der Waals surface area contributed by atoms with E-state index < -0.39 is 5.97 Å². The van der Waals surface area contributed by atoms with Gasteiger partial charge in [-0.15, -0.1) is 0 Å². The molecule has 0 aliphatic carbocycles. The molecule has 2 rings (SSSR count). The lowest BCUT2D eigenvalue weighted by Crippen LogP contribution is -2.09. The highest BCUT2D eigenvalue weighted by atomic mass is 16.5. The molecule has 0 bridgehead atoms. The third-order valence-electron chi connectivity index (χ3n) is 2.62. The topological polar surface area (TPSA) is 46.5 Å². The van der Waals surface area contributed by atoms with Gasteiger partial charge in [-0.2, -0.15) is 0 Å². The molecule has 0 atom stereocenters. The maximum Gasteiger partial charge on any atom is 0.341 e. The summed E-state index contributed by atoms with van der Waals surface area (Å²) in [5.41, 5.74) is 3.02. The van der Waals surface area contributed by atoms with Crippen LogP contribution in [0.5, 0.6) is 5.75 Å². The first-order chi connectivity index (χ1) is 9.63. The van der Waals surface area contributed by atoms with Crippen LogP contribution in [-0.4, -0.2) is 17.7 Å². The number of ether oxygens (including phenoxy) is 1. The maximum absolute atomic E-state index is 10.4. The predicted octanol–water partition coefficient (Wildman–Crippen LogP) is 2.86. The zero-order valence-electron chi connectivity index (χ0n) is 11.1. The van der Waals surface area contributed by atoms with E-state index in [2.05, 4.69) is 11.8 Å². The van der Waals surface area contributed by atoms with Crippen LogP contribution in [0.4, 0.5) is 0 Å². The number of carbonyl (C=O) groups is 1. The van der Waals surface area contributed by atoms with Crippen molar-refractivity contribution >= 4 is 5.97 Å². The maximum atomic E-state index is 10.4. The lowest BCUT2D eigenvalue weighted by atomic mass is 10.1. The van der Waals surface area contributed by atoms with Crippen molar-refractivity contribution in [2.75, 3.05) is 6.61 Å². The minimum atomic E-state index is -0.992. The largest absolute Gasteiger partial charge is 0.482 e. The number of benzene rings is 2. The highest BCUT2D eigenvalue weighted by molar-refractivity contribution is 5.68. The van der Waals surface area contributed by atoms with Crippen molar-refractivity contribution < 1.29 is 14.6 Å². The Morgan fingerprint density at radius 3 is 2.00 bits per heavy atom. The van der Waals surface area contributed by atoms with Gasteiger partial charge in [-0.05, 0) is 43.3 Å². The standard InChI is InChI=1S/C17H14O3/c1-13-2-4-14(5-3-13)6-7-15-8-10-16(11-9-15)20-12-17(18)19/h2-5,8-11H,12H2,1H3,(H,18,19). The van der Waals surface area contributed by atoms with Gasteiger partial charge in [0.25, 0.3) is 0 Å². The molecule has 0 fully saturated rings. The van der Waals surface area contributed by atoms with Crippen LogP contribution < -0.4 is 4.74 Å². The van der Waals surface area contributed by atoms with E-state index in [9.17, 15) is 4.79 Å². The van der Waals surface area contributed by atoms with Crippen molar-refractivity contribution in [2.24, 2.45) is 0 Å². The second-order valence-corrected chi connectivity index (χ2v) is 4.32. The van der Waals surface area contributed by atoms with E-state index in [0.717, 1.165) is 11.1 Å². The Kier molecular flexibility index (Phi) is 4.41. The minimum Gasteiger partial charge on any atom is -0.482 e. The fraction of sp³-hybridized carbons (Fsp3) is 0.118. The van der Waals surface area contributed by atoms with Crippen molar-refractivity contribution in [3.63, 3.8) is 0 Å². The van der Waals surface area contributed by atoms with Crippen molar-refractivity contribution in [1.29, 1.82) is 0 Å².